The van der Waals surface area contributed by atoms with Gasteiger partial charge in [0.2, 0.25) is 0 Å². The first-order valence-corrected chi connectivity index (χ1v) is 7.88. The van der Waals surface area contributed by atoms with Crippen molar-refractivity contribution in [3.63, 3.8) is 0 Å². The lowest BCUT2D eigenvalue weighted by Gasteiger charge is -2.08. The third kappa shape index (κ3) is 4.83. The van der Waals surface area contributed by atoms with Crippen LogP contribution >= 0.6 is 0 Å². The van der Waals surface area contributed by atoms with E-state index in [1.807, 2.05) is 26.0 Å². The minimum absolute atomic E-state index is 0.537. The number of ether oxygens (including phenoxy) is 2. The summed E-state index contributed by atoms with van der Waals surface area (Å²) >= 11 is 0. The number of hydrogen-bond acceptors (Lipinski definition) is 5. The number of rotatable bonds is 5. The fourth-order valence-electron chi connectivity index (χ4n) is 2.20. The highest BCUT2D eigenvalue weighted by Crippen LogP contribution is 2.26. The standard InChI is InChI=1S/C19H21N3O4/c1-12-5-6-13(2)15(9-12)21-18(23)19(24)22-20-11-14-7-8-16(25-3)17(10-14)26-4/h5-11H,1-4H3,(H,21,23)(H,22,24)/b20-11-. The van der Waals surface area contributed by atoms with Crippen LogP contribution in [0.1, 0.15) is 16.7 Å². The van der Waals surface area contributed by atoms with Crippen LogP contribution in [-0.4, -0.2) is 32.2 Å². The molecule has 2 aromatic rings. The van der Waals surface area contributed by atoms with Crippen molar-refractivity contribution in [2.75, 3.05) is 19.5 Å². The van der Waals surface area contributed by atoms with Crippen LogP contribution in [0.25, 0.3) is 0 Å². The highest BCUT2D eigenvalue weighted by molar-refractivity contribution is 6.39. The molecule has 0 aromatic heterocycles. The second kappa shape index (κ2) is 8.66. The summed E-state index contributed by atoms with van der Waals surface area (Å²) in [6.07, 6.45) is 1.41. The second-order valence-corrected chi connectivity index (χ2v) is 5.59. The van der Waals surface area contributed by atoms with Crippen molar-refractivity contribution in [3.05, 3.63) is 53.1 Å². The van der Waals surface area contributed by atoms with Crippen molar-refractivity contribution < 1.29 is 19.1 Å². The molecule has 0 unspecified atom stereocenters. The number of carbonyl (C=O) groups excluding carboxylic acids is 2. The van der Waals surface area contributed by atoms with Crippen molar-refractivity contribution in [2.45, 2.75) is 13.8 Å². The third-order valence-electron chi connectivity index (χ3n) is 3.63. The van der Waals surface area contributed by atoms with E-state index in [4.69, 9.17) is 9.47 Å². The van der Waals surface area contributed by atoms with E-state index >= 15 is 0 Å². The van der Waals surface area contributed by atoms with Gasteiger partial charge in [-0.25, -0.2) is 5.43 Å². The molecule has 2 rings (SSSR count). The molecular formula is C19H21N3O4. The van der Waals surface area contributed by atoms with E-state index < -0.39 is 11.8 Å². The zero-order valence-electron chi connectivity index (χ0n) is 15.1. The van der Waals surface area contributed by atoms with Gasteiger partial charge in [0.1, 0.15) is 0 Å². The Labute approximate surface area is 152 Å². The Morgan fingerprint density at radius 3 is 2.38 bits per heavy atom. The van der Waals surface area contributed by atoms with Gasteiger partial charge < -0.3 is 14.8 Å². The SMILES string of the molecule is COc1ccc(/C=N\NC(=O)C(=O)Nc2cc(C)ccc2C)cc1OC. The van der Waals surface area contributed by atoms with Gasteiger partial charge in [-0.05, 0) is 54.8 Å². The van der Waals surface area contributed by atoms with Gasteiger partial charge in [0.15, 0.2) is 11.5 Å². The minimum Gasteiger partial charge on any atom is -0.493 e. The normalized spacial score (nSPS) is 10.5. The molecule has 0 aliphatic rings. The fraction of sp³-hybridized carbons (Fsp3) is 0.211. The molecule has 26 heavy (non-hydrogen) atoms. The average molecular weight is 355 g/mol. The summed E-state index contributed by atoms with van der Waals surface area (Å²) in [6, 6.07) is 10.8. The molecule has 2 aromatic carbocycles. The lowest BCUT2D eigenvalue weighted by molar-refractivity contribution is -0.136. The molecule has 0 spiro atoms. The number of amides is 2. The van der Waals surface area contributed by atoms with Crippen LogP contribution in [0.3, 0.4) is 0 Å². The van der Waals surface area contributed by atoms with E-state index in [2.05, 4.69) is 15.8 Å². The van der Waals surface area contributed by atoms with Gasteiger partial charge in [-0.15, -0.1) is 0 Å². The lowest BCUT2D eigenvalue weighted by atomic mass is 10.1. The first-order valence-electron chi connectivity index (χ1n) is 7.88. The number of nitrogens with one attached hydrogen (secondary N) is 2. The number of hydrogen-bond donors (Lipinski definition) is 2. The Balaban J connectivity index is 1.98. The van der Waals surface area contributed by atoms with Crippen LogP contribution in [0.2, 0.25) is 0 Å². The van der Waals surface area contributed by atoms with Crippen molar-refractivity contribution >= 4 is 23.7 Å². The summed E-state index contributed by atoms with van der Waals surface area (Å²) < 4.78 is 10.3. The predicted octanol–water partition coefficient (Wildman–Crippen LogP) is 2.41. The van der Waals surface area contributed by atoms with Gasteiger partial charge in [-0.2, -0.15) is 5.10 Å². The van der Waals surface area contributed by atoms with E-state index in [0.717, 1.165) is 11.1 Å². The highest BCUT2D eigenvalue weighted by Gasteiger charge is 2.14. The van der Waals surface area contributed by atoms with E-state index in [0.29, 0.717) is 22.7 Å². The number of benzene rings is 2. The van der Waals surface area contributed by atoms with Crippen molar-refractivity contribution in [1.82, 2.24) is 5.43 Å². The molecular weight excluding hydrogens is 334 g/mol. The average Bonchev–Trinajstić information content (AvgIpc) is 2.64. The zero-order valence-corrected chi connectivity index (χ0v) is 15.1. The van der Waals surface area contributed by atoms with E-state index in [-0.39, 0.29) is 0 Å². The molecule has 136 valence electrons. The summed E-state index contributed by atoms with van der Waals surface area (Å²) in [4.78, 5) is 23.8. The first-order chi connectivity index (χ1) is 12.4. The maximum atomic E-state index is 12.0. The van der Waals surface area contributed by atoms with Crippen LogP contribution in [0.4, 0.5) is 5.69 Å². The molecule has 0 aliphatic heterocycles. The van der Waals surface area contributed by atoms with Crippen molar-refractivity contribution in [1.29, 1.82) is 0 Å². The summed E-state index contributed by atoms with van der Waals surface area (Å²) in [6.45, 7) is 3.75. The predicted molar refractivity (Wildman–Crippen MR) is 99.8 cm³/mol. The monoisotopic (exact) mass is 355 g/mol. The summed E-state index contributed by atoms with van der Waals surface area (Å²) in [5, 5.41) is 6.36. The molecule has 2 N–H and O–H groups in total. The third-order valence-corrected chi connectivity index (χ3v) is 3.63. The fourth-order valence-corrected chi connectivity index (χ4v) is 2.20. The zero-order chi connectivity index (χ0) is 19.1. The molecule has 0 bridgehead atoms. The molecule has 7 nitrogen and oxygen atoms in total. The molecule has 0 aliphatic carbocycles. The van der Waals surface area contributed by atoms with Crippen molar-refractivity contribution in [3.8, 4) is 11.5 Å². The first kappa shape index (κ1) is 19.0. The Morgan fingerprint density at radius 2 is 1.69 bits per heavy atom. The van der Waals surface area contributed by atoms with Crippen LogP contribution < -0.4 is 20.2 Å². The van der Waals surface area contributed by atoms with Crippen LogP contribution in [0, 0.1) is 13.8 Å². The number of carbonyl (C=O) groups is 2. The van der Waals surface area contributed by atoms with Crippen LogP contribution in [0.5, 0.6) is 11.5 Å². The number of hydrazone groups is 1. The molecule has 0 radical (unpaired) electrons. The summed E-state index contributed by atoms with van der Waals surface area (Å²) in [7, 11) is 3.07. The Hall–Kier alpha value is -3.35. The number of anilines is 1. The van der Waals surface area contributed by atoms with Crippen LogP contribution in [0.15, 0.2) is 41.5 Å². The largest absolute Gasteiger partial charge is 0.493 e. The Bertz CT molecular complexity index is 847. The topological polar surface area (TPSA) is 89.0 Å². The summed E-state index contributed by atoms with van der Waals surface area (Å²) in [5.41, 5.74) is 5.32. The molecule has 0 heterocycles. The van der Waals surface area contributed by atoms with Gasteiger partial charge in [0, 0.05) is 5.69 Å². The molecule has 2 amide bonds. The number of nitrogens with zero attached hydrogens (tertiary/aromatic N) is 1. The number of aryl methyl sites for hydroxylation is 2. The Kier molecular flexibility index (Phi) is 6.32. The molecule has 0 saturated carbocycles. The molecule has 7 heteroatoms. The van der Waals surface area contributed by atoms with Gasteiger partial charge in [-0.1, -0.05) is 12.1 Å². The maximum Gasteiger partial charge on any atom is 0.329 e. The van der Waals surface area contributed by atoms with E-state index in [9.17, 15) is 9.59 Å². The molecule has 0 fully saturated rings. The molecule has 0 saturated heterocycles. The smallest absolute Gasteiger partial charge is 0.329 e. The van der Waals surface area contributed by atoms with E-state index in [1.54, 1.807) is 31.4 Å². The minimum atomic E-state index is -0.859. The maximum absolute atomic E-state index is 12.0. The number of methoxy groups -OCH3 is 2. The highest BCUT2D eigenvalue weighted by atomic mass is 16.5. The van der Waals surface area contributed by atoms with Gasteiger partial charge >= 0.3 is 11.8 Å². The van der Waals surface area contributed by atoms with E-state index in [1.165, 1.54) is 13.3 Å². The van der Waals surface area contributed by atoms with Gasteiger partial charge in [0.05, 0.1) is 20.4 Å². The van der Waals surface area contributed by atoms with Gasteiger partial charge in [0.25, 0.3) is 0 Å². The van der Waals surface area contributed by atoms with Crippen molar-refractivity contribution in [2.24, 2.45) is 5.10 Å². The van der Waals surface area contributed by atoms with Crippen LogP contribution in [-0.2, 0) is 9.59 Å². The summed E-state index contributed by atoms with van der Waals surface area (Å²) in [5.74, 6) is -0.525. The Morgan fingerprint density at radius 1 is 0.962 bits per heavy atom. The lowest BCUT2D eigenvalue weighted by Crippen LogP contribution is -2.32. The molecule has 0 atom stereocenters. The van der Waals surface area contributed by atoms with Gasteiger partial charge in [-0.3, -0.25) is 9.59 Å². The second-order valence-electron chi connectivity index (χ2n) is 5.59. The quantitative estimate of drug-likeness (QED) is 0.490.